The summed E-state index contributed by atoms with van der Waals surface area (Å²) in [6.07, 6.45) is 1.35. The van der Waals surface area contributed by atoms with Gasteiger partial charge in [0.15, 0.2) is 0 Å². The standard InChI is InChI=1S/C19H19ClFN5O/c1-9(2)26-14-6-10(16-12(20)8-24-18(23)25-16)5-13(21)15(14)11(7-22)17(26)19(3,4)27/h5-6,8-9,27H,1-4H3,(H2,23,24,25). The molecule has 0 unspecified atom stereocenters. The molecule has 6 nitrogen and oxygen atoms in total. The van der Waals surface area contributed by atoms with Crippen LogP contribution in [0.5, 0.6) is 0 Å². The van der Waals surface area contributed by atoms with E-state index >= 15 is 4.39 Å². The molecular formula is C19H19ClFN5O. The van der Waals surface area contributed by atoms with Gasteiger partial charge in [0, 0.05) is 11.6 Å². The molecule has 2 heterocycles. The number of nitriles is 1. The first-order valence-electron chi connectivity index (χ1n) is 8.35. The van der Waals surface area contributed by atoms with Crippen LogP contribution in [-0.4, -0.2) is 19.6 Å². The van der Waals surface area contributed by atoms with Gasteiger partial charge in [0.2, 0.25) is 5.95 Å². The van der Waals surface area contributed by atoms with Gasteiger partial charge in [0.1, 0.15) is 17.5 Å². The van der Waals surface area contributed by atoms with Crippen molar-refractivity contribution in [1.29, 1.82) is 5.26 Å². The van der Waals surface area contributed by atoms with Crippen molar-refractivity contribution < 1.29 is 9.50 Å². The van der Waals surface area contributed by atoms with E-state index in [1.807, 2.05) is 19.9 Å². The van der Waals surface area contributed by atoms with Gasteiger partial charge in [-0.05, 0) is 39.8 Å². The molecular weight excluding hydrogens is 369 g/mol. The lowest BCUT2D eigenvalue weighted by molar-refractivity contribution is 0.0688. The molecule has 0 saturated heterocycles. The normalized spacial score (nSPS) is 12.0. The number of hydrogen-bond acceptors (Lipinski definition) is 5. The van der Waals surface area contributed by atoms with Crippen LogP contribution in [0.4, 0.5) is 10.3 Å². The zero-order chi connectivity index (χ0) is 20.1. The molecule has 2 aromatic heterocycles. The molecule has 0 spiro atoms. The van der Waals surface area contributed by atoms with Gasteiger partial charge in [0.25, 0.3) is 0 Å². The number of aliphatic hydroxyl groups is 1. The summed E-state index contributed by atoms with van der Waals surface area (Å²) in [5, 5.41) is 20.7. The highest BCUT2D eigenvalue weighted by Gasteiger charge is 2.31. The molecule has 8 heteroatoms. The molecule has 0 fully saturated rings. The molecule has 1 aromatic carbocycles. The van der Waals surface area contributed by atoms with Gasteiger partial charge < -0.3 is 15.4 Å². The summed E-state index contributed by atoms with van der Waals surface area (Å²) in [5.41, 5.74) is 5.96. The molecule has 0 atom stereocenters. The third-order valence-electron chi connectivity index (χ3n) is 4.30. The molecule has 3 N–H and O–H groups in total. The predicted molar refractivity (Wildman–Crippen MR) is 103 cm³/mol. The van der Waals surface area contributed by atoms with E-state index in [4.69, 9.17) is 17.3 Å². The fourth-order valence-electron chi connectivity index (χ4n) is 3.35. The van der Waals surface area contributed by atoms with Crippen molar-refractivity contribution in [3.8, 4) is 17.3 Å². The van der Waals surface area contributed by atoms with E-state index in [2.05, 4.69) is 9.97 Å². The van der Waals surface area contributed by atoms with Crippen molar-refractivity contribution in [2.75, 3.05) is 5.73 Å². The number of aromatic nitrogens is 3. The third-order valence-corrected chi connectivity index (χ3v) is 4.58. The van der Waals surface area contributed by atoms with Crippen molar-refractivity contribution in [2.24, 2.45) is 0 Å². The minimum Gasteiger partial charge on any atom is -0.384 e. The lowest BCUT2D eigenvalue weighted by atomic mass is 9.99. The number of hydrogen-bond donors (Lipinski definition) is 2. The number of anilines is 1. The van der Waals surface area contributed by atoms with Gasteiger partial charge >= 0.3 is 0 Å². The Kier molecular flexibility index (Phi) is 4.58. The Labute approximate surface area is 161 Å². The Balaban J connectivity index is 2.47. The first-order chi connectivity index (χ1) is 12.6. The van der Waals surface area contributed by atoms with Gasteiger partial charge in [-0.3, -0.25) is 0 Å². The third kappa shape index (κ3) is 3.11. The maximum Gasteiger partial charge on any atom is 0.220 e. The number of benzene rings is 1. The van der Waals surface area contributed by atoms with Gasteiger partial charge in [-0.2, -0.15) is 5.26 Å². The van der Waals surface area contributed by atoms with E-state index in [1.165, 1.54) is 12.3 Å². The molecule has 0 aliphatic rings. The highest BCUT2D eigenvalue weighted by molar-refractivity contribution is 6.33. The summed E-state index contributed by atoms with van der Waals surface area (Å²) in [4.78, 5) is 7.93. The molecule has 0 amide bonds. The van der Waals surface area contributed by atoms with Crippen LogP contribution in [0.15, 0.2) is 18.3 Å². The minimum atomic E-state index is -1.34. The smallest absolute Gasteiger partial charge is 0.220 e. The Hall–Kier alpha value is -2.69. The highest BCUT2D eigenvalue weighted by Crippen LogP contribution is 2.39. The van der Waals surface area contributed by atoms with Crippen LogP contribution in [0.3, 0.4) is 0 Å². The molecule has 140 valence electrons. The van der Waals surface area contributed by atoms with Crippen molar-refractivity contribution >= 4 is 28.5 Å². The SMILES string of the molecule is CC(C)n1c(C(C)(C)O)c(C#N)c2c(F)cc(-c3nc(N)ncc3Cl)cc21. The molecule has 0 bridgehead atoms. The topological polar surface area (TPSA) is 101 Å². The van der Waals surface area contributed by atoms with Gasteiger partial charge in [0.05, 0.1) is 39.1 Å². The maximum absolute atomic E-state index is 15.1. The summed E-state index contributed by atoms with van der Waals surface area (Å²) < 4.78 is 16.9. The second-order valence-electron chi connectivity index (χ2n) is 7.14. The van der Waals surface area contributed by atoms with Crippen molar-refractivity contribution in [3.05, 3.63) is 40.4 Å². The summed E-state index contributed by atoms with van der Waals surface area (Å²) in [6.45, 7) is 6.94. The van der Waals surface area contributed by atoms with Crippen molar-refractivity contribution in [3.63, 3.8) is 0 Å². The lowest BCUT2D eigenvalue weighted by Crippen LogP contribution is -2.23. The fourth-order valence-corrected chi connectivity index (χ4v) is 3.55. The summed E-state index contributed by atoms with van der Waals surface area (Å²) in [5.74, 6) is -0.582. The number of fused-ring (bicyclic) bond motifs is 1. The molecule has 0 radical (unpaired) electrons. The lowest BCUT2D eigenvalue weighted by Gasteiger charge is -2.24. The van der Waals surface area contributed by atoms with Gasteiger partial charge in [-0.1, -0.05) is 11.6 Å². The largest absolute Gasteiger partial charge is 0.384 e. The number of halogens is 2. The van der Waals surface area contributed by atoms with Crippen LogP contribution in [0.2, 0.25) is 5.02 Å². The zero-order valence-electron chi connectivity index (χ0n) is 15.4. The van der Waals surface area contributed by atoms with Crippen molar-refractivity contribution in [2.45, 2.75) is 39.3 Å². The predicted octanol–water partition coefficient (Wildman–Crippen LogP) is 4.15. The van der Waals surface area contributed by atoms with Crippen LogP contribution in [0.25, 0.3) is 22.2 Å². The summed E-state index contributed by atoms with van der Waals surface area (Å²) in [6, 6.07) is 4.88. The summed E-state index contributed by atoms with van der Waals surface area (Å²) >= 11 is 6.17. The van der Waals surface area contributed by atoms with E-state index < -0.39 is 11.4 Å². The van der Waals surface area contributed by atoms with E-state index in [0.717, 1.165) is 0 Å². The number of rotatable bonds is 3. The summed E-state index contributed by atoms with van der Waals surface area (Å²) in [7, 11) is 0. The van der Waals surface area contributed by atoms with E-state index in [9.17, 15) is 10.4 Å². The second kappa shape index (κ2) is 6.48. The van der Waals surface area contributed by atoms with Crippen LogP contribution in [0.1, 0.15) is 45.0 Å². The Morgan fingerprint density at radius 3 is 2.59 bits per heavy atom. The number of nitrogens with two attached hydrogens (primary N) is 1. The van der Waals surface area contributed by atoms with Gasteiger partial charge in [-0.15, -0.1) is 0 Å². The first-order valence-corrected chi connectivity index (χ1v) is 8.72. The highest BCUT2D eigenvalue weighted by atomic mass is 35.5. The monoisotopic (exact) mass is 387 g/mol. The Morgan fingerprint density at radius 2 is 2.04 bits per heavy atom. The minimum absolute atomic E-state index is 0.0176. The van der Waals surface area contributed by atoms with Gasteiger partial charge in [-0.25, -0.2) is 14.4 Å². The van der Waals surface area contributed by atoms with E-state index in [1.54, 1.807) is 24.5 Å². The Bertz CT molecular complexity index is 1090. The van der Waals surface area contributed by atoms with E-state index in [0.29, 0.717) is 22.5 Å². The fraction of sp³-hybridized carbons (Fsp3) is 0.316. The van der Waals surface area contributed by atoms with Crippen LogP contribution >= 0.6 is 11.6 Å². The van der Waals surface area contributed by atoms with E-state index in [-0.39, 0.29) is 28.0 Å². The molecule has 0 aliphatic heterocycles. The molecule has 27 heavy (non-hydrogen) atoms. The molecule has 3 aromatic rings. The maximum atomic E-state index is 15.1. The average molecular weight is 388 g/mol. The number of nitrogens with zero attached hydrogens (tertiary/aromatic N) is 4. The molecule has 0 aliphatic carbocycles. The zero-order valence-corrected chi connectivity index (χ0v) is 16.1. The quantitative estimate of drug-likeness (QED) is 0.702. The van der Waals surface area contributed by atoms with Crippen LogP contribution < -0.4 is 5.73 Å². The van der Waals surface area contributed by atoms with Crippen LogP contribution in [-0.2, 0) is 5.60 Å². The molecule has 3 rings (SSSR count). The first kappa shape index (κ1) is 19.1. The average Bonchev–Trinajstić information content (AvgIpc) is 2.92. The van der Waals surface area contributed by atoms with Crippen molar-refractivity contribution in [1.82, 2.24) is 14.5 Å². The van der Waals surface area contributed by atoms with Crippen LogP contribution in [0, 0.1) is 17.1 Å². The molecule has 0 saturated carbocycles. The number of nitrogen functional groups attached to an aromatic ring is 1. The Morgan fingerprint density at radius 1 is 1.37 bits per heavy atom. The second-order valence-corrected chi connectivity index (χ2v) is 7.54.